The second-order valence-corrected chi connectivity index (χ2v) is 20.5. The van der Waals surface area contributed by atoms with E-state index in [2.05, 4.69) is 294 Å². The Morgan fingerprint density at radius 3 is 0.973 bits per heavy atom. The number of hydrogen-bond donors (Lipinski definition) is 0. The van der Waals surface area contributed by atoms with Crippen LogP contribution in [0.2, 0.25) is 0 Å². The SMILES string of the molecule is Cc1cccc(-c2ccccc2)c1N(c1cccc(-c2ccccc2)c1)c1cc(C(C)C)c2ccc3c(N(c4cccc(-c5ccccc5)c4)c4c(C)cccc4-c4ccccc4)cc(C(C)C)c4ccc1c2c43. The van der Waals surface area contributed by atoms with Crippen molar-refractivity contribution in [2.24, 2.45) is 0 Å². The molecule has 0 radical (unpaired) electrons. The molecule has 12 aromatic rings. The van der Waals surface area contributed by atoms with Crippen molar-refractivity contribution in [3.8, 4) is 44.5 Å². The van der Waals surface area contributed by atoms with E-state index in [0.29, 0.717) is 0 Å². The third-order valence-corrected chi connectivity index (χ3v) is 15.2. The lowest BCUT2D eigenvalue weighted by atomic mass is 9.83. The Balaban J connectivity index is 1.21. The lowest BCUT2D eigenvalue weighted by Crippen LogP contribution is -2.15. The maximum atomic E-state index is 2.58. The Hall–Kier alpha value is -8.72. The highest BCUT2D eigenvalue weighted by atomic mass is 15.2. The summed E-state index contributed by atoms with van der Waals surface area (Å²) < 4.78 is 0. The summed E-state index contributed by atoms with van der Waals surface area (Å²) >= 11 is 0. The lowest BCUT2D eigenvalue weighted by molar-refractivity contribution is 0.875. The summed E-state index contributed by atoms with van der Waals surface area (Å²) in [6.45, 7) is 14.0. The quantitative estimate of drug-likeness (QED) is 0.113. The first-order valence-electron chi connectivity index (χ1n) is 26.2. The molecule has 12 rings (SSSR count). The molecule has 74 heavy (non-hydrogen) atoms. The first-order valence-corrected chi connectivity index (χ1v) is 26.2. The molecule has 0 spiro atoms. The highest BCUT2D eigenvalue weighted by Gasteiger charge is 2.29. The smallest absolute Gasteiger partial charge is 0.0569 e. The number of hydrogen-bond acceptors (Lipinski definition) is 2. The van der Waals surface area contributed by atoms with Gasteiger partial charge in [-0.2, -0.15) is 0 Å². The minimum absolute atomic E-state index is 0.239. The van der Waals surface area contributed by atoms with E-state index in [1.807, 2.05) is 0 Å². The second kappa shape index (κ2) is 19.4. The van der Waals surface area contributed by atoms with Gasteiger partial charge < -0.3 is 9.80 Å². The average Bonchev–Trinajstić information content (AvgIpc) is 3.45. The molecular weight excluding hydrogens is 893 g/mol. The van der Waals surface area contributed by atoms with Crippen LogP contribution < -0.4 is 9.80 Å². The van der Waals surface area contributed by atoms with Crippen LogP contribution in [0.1, 0.15) is 61.8 Å². The van der Waals surface area contributed by atoms with Crippen LogP contribution in [0.4, 0.5) is 34.1 Å². The van der Waals surface area contributed by atoms with Gasteiger partial charge >= 0.3 is 0 Å². The highest BCUT2D eigenvalue weighted by Crippen LogP contribution is 2.54. The fourth-order valence-electron chi connectivity index (χ4n) is 11.6. The van der Waals surface area contributed by atoms with Crippen LogP contribution in [0.25, 0.3) is 76.8 Å². The van der Waals surface area contributed by atoms with E-state index in [-0.39, 0.29) is 11.8 Å². The van der Waals surface area contributed by atoms with Crippen molar-refractivity contribution in [3.63, 3.8) is 0 Å². The summed E-state index contributed by atoms with van der Waals surface area (Å²) in [4.78, 5) is 5.15. The summed E-state index contributed by atoms with van der Waals surface area (Å²) in [5.41, 5.74) is 21.5. The van der Waals surface area contributed by atoms with E-state index >= 15 is 0 Å². The number of anilines is 6. The van der Waals surface area contributed by atoms with Gasteiger partial charge in [0.2, 0.25) is 0 Å². The van der Waals surface area contributed by atoms with Crippen LogP contribution in [0.15, 0.2) is 243 Å². The monoisotopic (exact) mass is 952 g/mol. The lowest BCUT2D eigenvalue weighted by Gasteiger charge is -2.34. The number of rotatable bonds is 12. The maximum Gasteiger partial charge on any atom is 0.0569 e. The van der Waals surface area contributed by atoms with Gasteiger partial charge in [-0.05, 0) is 139 Å². The van der Waals surface area contributed by atoms with Gasteiger partial charge in [0, 0.05) is 33.3 Å². The first kappa shape index (κ1) is 46.4. The van der Waals surface area contributed by atoms with E-state index in [0.717, 1.165) is 11.4 Å². The maximum absolute atomic E-state index is 2.58. The molecule has 12 aromatic carbocycles. The molecule has 0 atom stereocenters. The van der Waals surface area contributed by atoms with Crippen molar-refractivity contribution in [2.75, 3.05) is 9.80 Å². The highest BCUT2D eigenvalue weighted by molar-refractivity contribution is 6.29. The van der Waals surface area contributed by atoms with E-state index in [1.165, 1.54) is 122 Å². The topological polar surface area (TPSA) is 6.48 Å². The van der Waals surface area contributed by atoms with Crippen molar-refractivity contribution in [1.29, 1.82) is 0 Å². The van der Waals surface area contributed by atoms with E-state index in [1.54, 1.807) is 0 Å². The van der Waals surface area contributed by atoms with E-state index in [4.69, 9.17) is 0 Å². The van der Waals surface area contributed by atoms with Crippen molar-refractivity contribution < 1.29 is 0 Å². The molecule has 2 nitrogen and oxygen atoms in total. The van der Waals surface area contributed by atoms with Gasteiger partial charge in [-0.1, -0.05) is 234 Å². The van der Waals surface area contributed by atoms with Gasteiger partial charge in [-0.25, -0.2) is 0 Å². The molecule has 0 heterocycles. The summed E-state index contributed by atoms with van der Waals surface area (Å²) in [5.74, 6) is 0.478. The third-order valence-electron chi connectivity index (χ3n) is 15.2. The van der Waals surface area contributed by atoms with Gasteiger partial charge in [0.05, 0.1) is 22.7 Å². The zero-order valence-corrected chi connectivity index (χ0v) is 43.1. The average molecular weight is 953 g/mol. The van der Waals surface area contributed by atoms with Crippen LogP contribution in [-0.4, -0.2) is 0 Å². The fourth-order valence-corrected chi connectivity index (χ4v) is 11.6. The van der Waals surface area contributed by atoms with Gasteiger partial charge in [-0.15, -0.1) is 0 Å². The molecule has 0 bridgehead atoms. The Kier molecular flexibility index (Phi) is 12.1. The Morgan fingerprint density at radius 1 is 0.284 bits per heavy atom. The predicted molar refractivity (Wildman–Crippen MR) is 319 cm³/mol. The molecular formula is C72H60N2. The Bertz CT molecular complexity index is 3710. The Morgan fingerprint density at radius 2 is 0.608 bits per heavy atom. The molecule has 0 aliphatic heterocycles. The minimum atomic E-state index is 0.239. The molecule has 2 heteroatoms. The summed E-state index contributed by atoms with van der Waals surface area (Å²) in [7, 11) is 0. The van der Waals surface area contributed by atoms with Crippen molar-refractivity contribution in [2.45, 2.75) is 53.4 Å². The molecule has 0 amide bonds. The molecule has 0 fully saturated rings. The van der Waals surface area contributed by atoms with Crippen molar-refractivity contribution >= 4 is 66.4 Å². The summed E-state index contributed by atoms with van der Waals surface area (Å²) in [6, 6.07) is 89.9. The van der Waals surface area contributed by atoms with Crippen LogP contribution in [0.5, 0.6) is 0 Å². The molecule has 0 saturated heterocycles. The zero-order valence-electron chi connectivity index (χ0n) is 43.1. The molecule has 0 unspecified atom stereocenters. The second-order valence-electron chi connectivity index (χ2n) is 20.5. The van der Waals surface area contributed by atoms with Crippen LogP contribution in [0, 0.1) is 13.8 Å². The minimum Gasteiger partial charge on any atom is -0.309 e. The molecule has 0 aliphatic rings. The van der Waals surface area contributed by atoms with Crippen LogP contribution in [-0.2, 0) is 0 Å². The molecule has 0 N–H and O–H groups in total. The molecule has 0 aliphatic carbocycles. The van der Waals surface area contributed by atoms with Crippen LogP contribution in [0.3, 0.4) is 0 Å². The normalized spacial score (nSPS) is 11.6. The number of nitrogens with zero attached hydrogens (tertiary/aromatic N) is 2. The molecule has 0 saturated carbocycles. The fraction of sp³-hybridized carbons (Fsp3) is 0.111. The van der Waals surface area contributed by atoms with Gasteiger partial charge in [0.25, 0.3) is 0 Å². The van der Waals surface area contributed by atoms with Gasteiger partial charge in [0.1, 0.15) is 0 Å². The Labute approximate surface area is 436 Å². The van der Waals surface area contributed by atoms with Gasteiger partial charge in [0.15, 0.2) is 0 Å². The van der Waals surface area contributed by atoms with E-state index < -0.39 is 0 Å². The van der Waals surface area contributed by atoms with Crippen molar-refractivity contribution in [1.82, 2.24) is 0 Å². The zero-order chi connectivity index (χ0) is 50.5. The van der Waals surface area contributed by atoms with Crippen molar-refractivity contribution in [3.05, 3.63) is 265 Å². The molecule has 0 aromatic heterocycles. The standard InChI is InChI=1S/C72H60N2/c1-47(2)65-45-67(73(57-35-21-33-55(43-57)51-25-11-7-12-26-51)71-49(5)23-19-37-59(71)53-29-15-9-16-30-53)63-42-40-62-66(48(3)4)46-68(64-41-39-61(65)69(63)70(62)64)74(58-36-22-34-56(44-58)52-27-13-8-14-28-52)72-50(6)24-20-38-60(72)54-31-17-10-18-32-54/h7-48H,1-6H3. The number of para-hydroxylation sites is 2. The van der Waals surface area contributed by atoms with Gasteiger partial charge in [-0.3, -0.25) is 0 Å². The van der Waals surface area contributed by atoms with Crippen LogP contribution >= 0.6 is 0 Å². The summed E-state index contributed by atoms with van der Waals surface area (Å²) in [5, 5.41) is 7.65. The largest absolute Gasteiger partial charge is 0.309 e. The predicted octanol–water partition coefficient (Wildman–Crippen LogP) is 21.1. The summed E-state index contributed by atoms with van der Waals surface area (Å²) in [6.07, 6.45) is 0. The first-order chi connectivity index (χ1) is 36.2. The van der Waals surface area contributed by atoms with E-state index in [9.17, 15) is 0 Å². The molecule has 358 valence electrons. The third kappa shape index (κ3) is 8.17. The number of aryl methyl sites for hydroxylation is 2. The number of benzene rings is 12.